The Bertz CT molecular complexity index is 1260. The number of likely N-dealkylation sites (N-methyl/N-ethyl adjacent to an activating group) is 1. The average Bonchev–Trinajstić information content (AvgIpc) is 3.24. The molecule has 8 nitrogen and oxygen atoms in total. The predicted molar refractivity (Wildman–Crippen MR) is 263 cm³/mol. The molecule has 2 unspecified atom stereocenters. The number of quaternary nitrogens is 1. The van der Waals surface area contributed by atoms with Crippen LogP contribution < -0.4 is 5.11 Å². The van der Waals surface area contributed by atoms with Gasteiger partial charge in [0.2, 0.25) is 0 Å². The van der Waals surface area contributed by atoms with E-state index in [1.165, 1.54) is 96.3 Å². The first-order valence-electron chi connectivity index (χ1n) is 25.5. The van der Waals surface area contributed by atoms with Crippen molar-refractivity contribution in [2.24, 2.45) is 0 Å². The third-order valence-electron chi connectivity index (χ3n) is 11.2. The maximum atomic E-state index is 12.8. The second-order valence-electron chi connectivity index (χ2n) is 18.1. The van der Waals surface area contributed by atoms with Gasteiger partial charge in [-0.15, -0.1) is 0 Å². The normalized spacial score (nSPS) is 13.5. The van der Waals surface area contributed by atoms with Gasteiger partial charge in [-0.2, -0.15) is 0 Å². The van der Waals surface area contributed by atoms with Crippen molar-refractivity contribution in [3.05, 3.63) is 72.9 Å². The van der Waals surface area contributed by atoms with E-state index >= 15 is 0 Å². The Hall–Kier alpha value is -3.23. The zero-order chi connectivity index (χ0) is 46.3. The second kappa shape index (κ2) is 45.3. The number of carbonyl (C=O) groups is 3. The summed E-state index contributed by atoms with van der Waals surface area (Å²) in [5.74, 6) is -1.77. The van der Waals surface area contributed by atoms with Gasteiger partial charge in [0.05, 0.1) is 40.3 Å². The lowest BCUT2D eigenvalue weighted by molar-refractivity contribution is -0.889. The quantitative estimate of drug-likeness (QED) is 0.0197. The molecule has 0 N–H and O–H groups in total. The van der Waals surface area contributed by atoms with Crippen LogP contribution in [0.5, 0.6) is 0 Å². The molecule has 0 bridgehead atoms. The monoisotopic (exact) mass is 882 g/mol. The maximum Gasteiger partial charge on any atom is 0.306 e. The van der Waals surface area contributed by atoms with Gasteiger partial charge in [-0.1, -0.05) is 196 Å². The molecule has 0 heterocycles. The van der Waals surface area contributed by atoms with E-state index in [-0.39, 0.29) is 42.7 Å². The molecule has 0 radical (unpaired) electrons. The third-order valence-corrected chi connectivity index (χ3v) is 11.2. The summed E-state index contributed by atoms with van der Waals surface area (Å²) in [5.41, 5.74) is 0. The number of allylic oxidation sites excluding steroid dienone is 12. The van der Waals surface area contributed by atoms with Crippen LogP contribution in [0.1, 0.15) is 206 Å². The van der Waals surface area contributed by atoms with E-state index in [1.807, 2.05) is 6.08 Å². The van der Waals surface area contributed by atoms with Gasteiger partial charge in [0, 0.05) is 19.3 Å². The van der Waals surface area contributed by atoms with Gasteiger partial charge >= 0.3 is 11.9 Å². The topological polar surface area (TPSA) is 102 Å². The number of aliphatic carboxylic acids is 1. The van der Waals surface area contributed by atoms with Crippen LogP contribution in [0.4, 0.5) is 0 Å². The molecule has 0 aliphatic rings. The van der Waals surface area contributed by atoms with Crippen molar-refractivity contribution in [2.75, 3.05) is 41.0 Å². The number of hydrogen-bond donors (Lipinski definition) is 0. The van der Waals surface area contributed by atoms with Gasteiger partial charge in [0.15, 0.2) is 6.10 Å². The second-order valence-corrected chi connectivity index (χ2v) is 18.1. The fraction of sp³-hybridized carbons (Fsp3) is 0.727. The van der Waals surface area contributed by atoms with Gasteiger partial charge < -0.3 is 28.6 Å². The average molecular weight is 882 g/mol. The summed E-state index contributed by atoms with van der Waals surface area (Å²) < 4.78 is 17.2. The molecule has 0 aliphatic carbocycles. The molecule has 362 valence electrons. The first-order valence-corrected chi connectivity index (χ1v) is 25.5. The molecule has 0 saturated carbocycles. The number of ether oxygens (including phenoxy) is 3. The zero-order valence-corrected chi connectivity index (χ0v) is 41.2. The predicted octanol–water partition coefficient (Wildman–Crippen LogP) is 13.4. The molecule has 0 aliphatic heterocycles. The largest absolute Gasteiger partial charge is 0.544 e. The molecular formula is C55H95NO7. The summed E-state index contributed by atoms with van der Waals surface area (Å²) in [4.78, 5) is 37.0. The van der Waals surface area contributed by atoms with Gasteiger partial charge in [0.1, 0.15) is 12.6 Å². The number of nitrogens with zero attached hydrogens (tertiary/aromatic N) is 1. The highest BCUT2D eigenvalue weighted by Gasteiger charge is 2.25. The lowest BCUT2D eigenvalue weighted by atomic mass is 10.0. The number of carbonyl (C=O) groups excluding carboxylic acids is 3. The van der Waals surface area contributed by atoms with E-state index in [9.17, 15) is 19.5 Å². The van der Waals surface area contributed by atoms with Crippen molar-refractivity contribution >= 4 is 17.9 Å². The Balaban J connectivity index is 4.28. The smallest absolute Gasteiger partial charge is 0.306 e. The first-order chi connectivity index (χ1) is 30.6. The Morgan fingerprint density at radius 1 is 0.508 bits per heavy atom. The van der Waals surface area contributed by atoms with Gasteiger partial charge in [0.25, 0.3) is 0 Å². The van der Waals surface area contributed by atoms with Crippen LogP contribution in [0, 0.1) is 0 Å². The van der Waals surface area contributed by atoms with Crippen molar-refractivity contribution in [3.63, 3.8) is 0 Å². The van der Waals surface area contributed by atoms with Gasteiger partial charge in [-0.05, 0) is 64.2 Å². The number of hydrogen-bond acceptors (Lipinski definition) is 7. The molecule has 63 heavy (non-hydrogen) atoms. The van der Waals surface area contributed by atoms with E-state index < -0.39 is 18.1 Å². The number of esters is 2. The van der Waals surface area contributed by atoms with E-state index in [4.69, 9.17) is 14.2 Å². The van der Waals surface area contributed by atoms with Crippen molar-refractivity contribution in [3.8, 4) is 0 Å². The summed E-state index contributed by atoms with van der Waals surface area (Å²) in [7, 11) is 5.40. The molecule has 0 amide bonds. The molecule has 0 aromatic heterocycles. The molecule has 0 aromatic carbocycles. The highest BCUT2D eigenvalue weighted by Crippen LogP contribution is 2.15. The Kier molecular flexibility index (Phi) is 43.0. The summed E-state index contributed by atoms with van der Waals surface area (Å²) in [6.45, 7) is 4.51. The molecule has 0 spiro atoms. The molecule has 2 atom stereocenters. The van der Waals surface area contributed by atoms with Crippen molar-refractivity contribution < 1.29 is 38.2 Å². The van der Waals surface area contributed by atoms with Crippen LogP contribution in [-0.4, -0.2) is 75.5 Å². The van der Waals surface area contributed by atoms with Crippen LogP contribution in [0.3, 0.4) is 0 Å². The van der Waals surface area contributed by atoms with Crippen molar-refractivity contribution in [2.45, 2.75) is 219 Å². The van der Waals surface area contributed by atoms with E-state index in [1.54, 1.807) is 21.1 Å². The maximum absolute atomic E-state index is 12.8. The van der Waals surface area contributed by atoms with Crippen LogP contribution in [0.25, 0.3) is 0 Å². The van der Waals surface area contributed by atoms with E-state index in [0.29, 0.717) is 12.8 Å². The number of rotatable bonds is 45. The van der Waals surface area contributed by atoms with E-state index in [0.717, 1.165) is 77.0 Å². The first kappa shape index (κ1) is 59.8. The Morgan fingerprint density at radius 3 is 1.44 bits per heavy atom. The van der Waals surface area contributed by atoms with E-state index in [2.05, 4.69) is 80.7 Å². The van der Waals surface area contributed by atoms with Crippen LogP contribution >= 0.6 is 0 Å². The summed E-state index contributed by atoms with van der Waals surface area (Å²) in [6, 6.07) is -0.734. The lowest BCUT2D eigenvalue weighted by Crippen LogP contribution is -2.55. The fourth-order valence-electron chi connectivity index (χ4n) is 7.24. The molecule has 0 aromatic rings. The molecular weight excluding hydrogens is 787 g/mol. The molecule has 0 fully saturated rings. The Morgan fingerprint density at radius 2 is 0.952 bits per heavy atom. The molecule has 0 rings (SSSR count). The highest BCUT2D eigenvalue weighted by molar-refractivity contribution is 5.70. The summed E-state index contributed by atoms with van der Waals surface area (Å²) >= 11 is 0. The summed E-state index contributed by atoms with van der Waals surface area (Å²) in [6.07, 6.45) is 57.8. The minimum Gasteiger partial charge on any atom is -0.544 e. The minimum atomic E-state index is -1.13. The van der Waals surface area contributed by atoms with Crippen molar-refractivity contribution in [1.29, 1.82) is 0 Å². The van der Waals surface area contributed by atoms with Crippen LogP contribution in [0.15, 0.2) is 72.9 Å². The third kappa shape index (κ3) is 43.8. The zero-order valence-electron chi connectivity index (χ0n) is 41.2. The SMILES string of the molecule is CC/C=C/C/C=C/CCCCCCCCCCCCCCCCC(=O)OCC(COCCC(C(=O)[O-])[N+](C)(C)C)OC(=O)CCCCCCC/C=C/C=C/C=C/C=C/CCCCC. The fourth-order valence-corrected chi connectivity index (χ4v) is 7.24. The van der Waals surface area contributed by atoms with Crippen LogP contribution in [0.2, 0.25) is 0 Å². The molecule has 0 saturated heterocycles. The Labute approximate surface area is 387 Å². The molecule has 8 heteroatoms. The van der Waals surface area contributed by atoms with Gasteiger partial charge in [-0.3, -0.25) is 9.59 Å². The highest BCUT2D eigenvalue weighted by atomic mass is 16.6. The number of carboxylic acid groups (broad SMARTS) is 1. The van der Waals surface area contributed by atoms with Crippen LogP contribution in [-0.2, 0) is 28.6 Å². The standard InChI is InChI=1S/C55H95NO7/c1-6-8-10-12-14-16-18-20-22-24-26-27-28-30-31-33-35-37-39-41-43-45-53(57)62-50-51(49-61-48-47-52(55(59)60)56(3,4)5)63-54(58)46-44-42-40-38-36-34-32-29-25-23-21-19-17-15-13-11-9-7-2/h8,10,14-17,19,21,23,25,29,32,51-52H,6-7,9,11-13,18,20,22,24,26-28,30-31,33-50H2,1-5H3/b10-8+,16-14+,17-15+,21-19+,25-23+,32-29+. The number of unbranched alkanes of at least 4 members (excludes halogenated alkanes) is 22. The summed E-state index contributed by atoms with van der Waals surface area (Å²) in [5, 5.41) is 11.7. The minimum absolute atomic E-state index is 0.0287. The van der Waals surface area contributed by atoms with Crippen molar-refractivity contribution in [1.82, 2.24) is 0 Å². The lowest BCUT2D eigenvalue weighted by Gasteiger charge is -2.34. The van der Waals surface area contributed by atoms with Gasteiger partial charge in [-0.25, -0.2) is 0 Å². The number of carboxylic acids is 1.